The number of nitrogens with zero attached hydrogens (tertiary/aromatic N) is 2. The van der Waals surface area contributed by atoms with Crippen molar-refractivity contribution >= 4 is 39.4 Å². The zero-order valence-electron chi connectivity index (χ0n) is 10.3. The van der Waals surface area contributed by atoms with Gasteiger partial charge in [0.15, 0.2) is 5.78 Å². The molecule has 0 atom stereocenters. The van der Waals surface area contributed by atoms with E-state index in [0.29, 0.717) is 10.6 Å². The van der Waals surface area contributed by atoms with Gasteiger partial charge in [-0.1, -0.05) is 11.6 Å². The quantitative estimate of drug-likeness (QED) is 0.617. The van der Waals surface area contributed by atoms with Crippen molar-refractivity contribution in [2.24, 2.45) is 0 Å². The third-order valence-electron chi connectivity index (χ3n) is 2.59. The van der Waals surface area contributed by atoms with Crippen molar-refractivity contribution in [1.29, 1.82) is 0 Å². The highest BCUT2D eigenvalue weighted by Crippen LogP contribution is 2.17. The number of allylic oxidation sites excluding steroid dienone is 1. The molecule has 0 amide bonds. The standard InChI is InChI=1S/C14H12BrClN2O/c1-2-18-9-12(15)13(17-18)7-8-14(19)10-3-5-11(16)6-4-10/h3-9H,2H2,1H3/b8-7+. The number of aryl methyl sites for hydroxylation is 1. The number of aromatic nitrogens is 2. The molecule has 0 aliphatic carbocycles. The Morgan fingerprint density at radius 1 is 1.42 bits per heavy atom. The summed E-state index contributed by atoms with van der Waals surface area (Å²) < 4.78 is 2.67. The predicted octanol–water partition coefficient (Wildman–Crippen LogP) is 4.22. The number of ketones is 1. The summed E-state index contributed by atoms with van der Waals surface area (Å²) in [6.45, 7) is 2.80. The lowest BCUT2D eigenvalue weighted by Crippen LogP contribution is -1.95. The Kier molecular flexibility index (Phi) is 4.56. The average Bonchev–Trinajstić information content (AvgIpc) is 2.77. The van der Waals surface area contributed by atoms with E-state index in [1.54, 1.807) is 35.0 Å². The molecule has 0 bridgehead atoms. The van der Waals surface area contributed by atoms with Crippen molar-refractivity contribution in [2.75, 3.05) is 0 Å². The van der Waals surface area contributed by atoms with Gasteiger partial charge in [0.25, 0.3) is 0 Å². The van der Waals surface area contributed by atoms with Crippen molar-refractivity contribution in [1.82, 2.24) is 9.78 Å². The Hall–Kier alpha value is -1.39. The predicted molar refractivity (Wildman–Crippen MR) is 80.4 cm³/mol. The molecule has 1 heterocycles. The van der Waals surface area contributed by atoms with Crippen LogP contribution in [0.25, 0.3) is 6.08 Å². The molecule has 0 spiro atoms. The van der Waals surface area contributed by atoms with Gasteiger partial charge in [0.05, 0.1) is 10.2 Å². The number of carbonyl (C=O) groups excluding carboxylic acids is 1. The molecule has 5 heteroatoms. The summed E-state index contributed by atoms with van der Waals surface area (Å²) in [4.78, 5) is 11.9. The van der Waals surface area contributed by atoms with Crippen LogP contribution in [0.3, 0.4) is 0 Å². The first-order valence-electron chi connectivity index (χ1n) is 5.81. The SMILES string of the molecule is CCn1cc(Br)c(/C=C/C(=O)c2ccc(Cl)cc2)n1. The zero-order chi connectivity index (χ0) is 13.8. The minimum atomic E-state index is -0.0744. The first-order chi connectivity index (χ1) is 9.10. The van der Waals surface area contributed by atoms with E-state index in [9.17, 15) is 4.79 Å². The second kappa shape index (κ2) is 6.17. The fourth-order valence-corrected chi connectivity index (χ4v) is 2.13. The third kappa shape index (κ3) is 3.55. The molecule has 0 aliphatic rings. The van der Waals surface area contributed by atoms with Crippen LogP contribution < -0.4 is 0 Å². The lowest BCUT2D eigenvalue weighted by molar-refractivity contribution is 0.104. The van der Waals surface area contributed by atoms with Gasteiger partial charge in [-0.2, -0.15) is 5.10 Å². The maximum atomic E-state index is 11.9. The third-order valence-corrected chi connectivity index (χ3v) is 3.45. The van der Waals surface area contributed by atoms with E-state index in [-0.39, 0.29) is 5.78 Å². The van der Waals surface area contributed by atoms with Crippen molar-refractivity contribution in [3.63, 3.8) is 0 Å². The number of benzene rings is 1. The number of hydrogen-bond donors (Lipinski definition) is 0. The van der Waals surface area contributed by atoms with Gasteiger partial charge in [0.2, 0.25) is 0 Å². The highest BCUT2D eigenvalue weighted by Gasteiger charge is 2.04. The topological polar surface area (TPSA) is 34.9 Å². The summed E-state index contributed by atoms with van der Waals surface area (Å²) in [5.74, 6) is -0.0744. The van der Waals surface area contributed by atoms with E-state index in [1.807, 2.05) is 13.1 Å². The summed E-state index contributed by atoms with van der Waals surface area (Å²) in [5.41, 5.74) is 1.34. The molecule has 19 heavy (non-hydrogen) atoms. The van der Waals surface area contributed by atoms with Crippen LogP contribution in [-0.2, 0) is 6.54 Å². The zero-order valence-corrected chi connectivity index (χ0v) is 12.6. The van der Waals surface area contributed by atoms with Gasteiger partial charge in [-0.15, -0.1) is 0 Å². The molecule has 0 saturated heterocycles. The van der Waals surface area contributed by atoms with Crippen LogP contribution in [0.4, 0.5) is 0 Å². The summed E-state index contributed by atoms with van der Waals surface area (Å²) in [5, 5.41) is 4.93. The molecule has 0 N–H and O–H groups in total. The molecular weight excluding hydrogens is 328 g/mol. The first-order valence-corrected chi connectivity index (χ1v) is 6.98. The van der Waals surface area contributed by atoms with Crippen LogP contribution in [0.15, 0.2) is 41.0 Å². The Labute approximate surface area is 125 Å². The molecule has 1 aromatic heterocycles. The second-order valence-corrected chi connectivity index (χ2v) is 5.21. The molecule has 98 valence electrons. The molecule has 0 fully saturated rings. The van der Waals surface area contributed by atoms with Gasteiger partial charge in [-0.25, -0.2) is 0 Å². The molecule has 2 rings (SSSR count). The highest BCUT2D eigenvalue weighted by molar-refractivity contribution is 9.10. The molecule has 0 saturated carbocycles. The van der Waals surface area contributed by atoms with Crippen LogP contribution in [0, 0.1) is 0 Å². The first kappa shape index (κ1) is 14.0. The van der Waals surface area contributed by atoms with Crippen LogP contribution >= 0.6 is 27.5 Å². The van der Waals surface area contributed by atoms with E-state index in [0.717, 1.165) is 16.7 Å². The number of hydrogen-bond acceptors (Lipinski definition) is 2. The minimum Gasteiger partial charge on any atom is -0.289 e. The molecule has 0 unspecified atom stereocenters. The Morgan fingerprint density at radius 2 is 2.11 bits per heavy atom. The van der Waals surface area contributed by atoms with Crippen molar-refractivity contribution in [3.8, 4) is 0 Å². The molecular formula is C14H12BrClN2O. The van der Waals surface area contributed by atoms with Crippen molar-refractivity contribution in [2.45, 2.75) is 13.5 Å². The average molecular weight is 340 g/mol. The molecule has 2 aromatic rings. The molecule has 1 aromatic carbocycles. The van der Waals surface area contributed by atoms with Gasteiger partial charge in [0, 0.05) is 23.3 Å². The lowest BCUT2D eigenvalue weighted by Gasteiger charge is -1.95. The summed E-state index contributed by atoms with van der Waals surface area (Å²) >= 11 is 9.19. The molecule has 3 nitrogen and oxygen atoms in total. The monoisotopic (exact) mass is 338 g/mol. The summed E-state index contributed by atoms with van der Waals surface area (Å²) in [6.07, 6.45) is 5.09. The Morgan fingerprint density at radius 3 is 2.68 bits per heavy atom. The summed E-state index contributed by atoms with van der Waals surface area (Å²) in [6, 6.07) is 6.80. The molecule has 0 radical (unpaired) electrons. The number of halogens is 2. The Bertz CT molecular complexity index is 617. The van der Waals surface area contributed by atoms with Gasteiger partial charge in [-0.3, -0.25) is 9.48 Å². The summed E-state index contributed by atoms with van der Waals surface area (Å²) in [7, 11) is 0. The maximum Gasteiger partial charge on any atom is 0.185 e. The minimum absolute atomic E-state index is 0.0744. The van der Waals surface area contributed by atoms with Crippen molar-refractivity contribution in [3.05, 3.63) is 57.3 Å². The lowest BCUT2D eigenvalue weighted by atomic mass is 10.1. The Balaban J connectivity index is 2.15. The van der Waals surface area contributed by atoms with Crippen LogP contribution in [0.2, 0.25) is 5.02 Å². The van der Waals surface area contributed by atoms with Crippen LogP contribution in [0.1, 0.15) is 23.0 Å². The van der Waals surface area contributed by atoms with Gasteiger partial charge in [-0.05, 0) is 59.3 Å². The maximum absolute atomic E-state index is 11.9. The van der Waals surface area contributed by atoms with Crippen molar-refractivity contribution < 1.29 is 4.79 Å². The number of rotatable bonds is 4. The van der Waals surface area contributed by atoms with E-state index in [1.165, 1.54) is 6.08 Å². The molecule has 0 aliphatic heterocycles. The van der Waals surface area contributed by atoms with Gasteiger partial charge < -0.3 is 0 Å². The van der Waals surface area contributed by atoms with E-state index < -0.39 is 0 Å². The largest absolute Gasteiger partial charge is 0.289 e. The second-order valence-electron chi connectivity index (χ2n) is 3.92. The number of carbonyl (C=O) groups is 1. The van der Waals surface area contributed by atoms with Gasteiger partial charge in [0.1, 0.15) is 0 Å². The van der Waals surface area contributed by atoms with E-state index in [2.05, 4.69) is 21.0 Å². The fourth-order valence-electron chi connectivity index (χ4n) is 1.55. The van der Waals surface area contributed by atoms with Crippen LogP contribution in [-0.4, -0.2) is 15.6 Å². The fraction of sp³-hybridized carbons (Fsp3) is 0.143. The van der Waals surface area contributed by atoms with E-state index >= 15 is 0 Å². The smallest absolute Gasteiger partial charge is 0.185 e. The highest BCUT2D eigenvalue weighted by atomic mass is 79.9. The van der Waals surface area contributed by atoms with E-state index in [4.69, 9.17) is 11.6 Å². The van der Waals surface area contributed by atoms with Gasteiger partial charge >= 0.3 is 0 Å². The normalized spacial score (nSPS) is 11.1. The van der Waals surface area contributed by atoms with Crippen LogP contribution in [0.5, 0.6) is 0 Å².